The van der Waals surface area contributed by atoms with Crippen LogP contribution in [-0.2, 0) is 21.0 Å². The highest BCUT2D eigenvalue weighted by Gasteiger charge is 2.06. The van der Waals surface area contributed by atoms with Gasteiger partial charge in [-0.1, -0.05) is 23.8 Å². The van der Waals surface area contributed by atoms with Gasteiger partial charge in [0.1, 0.15) is 0 Å². The zero-order chi connectivity index (χ0) is 18.8. The van der Waals surface area contributed by atoms with Gasteiger partial charge in [-0.25, -0.2) is 8.42 Å². The minimum Gasteiger partial charge on any atom is -0.377 e. The summed E-state index contributed by atoms with van der Waals surface area (Å²) in [7, 11) is -3.14. The van der Waals surface area contributed by atoms with Gasteiger partial charge in [0.25, 0.3) is 0 Å². The minimum atomic E-state index is -3.14. The van der Waals surface area contributed by atoms with Crippen LogP contribution in [0.1, 0.15) is 25.3 Å². The van der Waals surface area contributed by atoms with Crippen LogP contribution in [0, 0.1) is 0 Å². The zero-order valence-electron chi connectivity index (χ0n) is 16.0. The van der Waals surface area contributed by atoms with Crippen molar-refractivity contribution in [1.82, 2.24) is 10.6 Å². The van der Waals surface area contributed by atoms with Crippen molar-refractivity contribution in [2.75, 3.05) is 39.1 Å². The molecule has 1 aliphatic heterocycles. The maximum absolute atomic E-state index is 11.5. The normalized spacial score (nSPS) is 14.9. The zero-order valence-corrected chi connectivity index (χ0v) is 19.2. The molecule has 152 valence electrons. The number of rotatable bonds is 8. The van der Waals surface area contributed by atoms with Gasteiger partial charge in [0.05, 0.1) is 18.1 Å². The SMILES string of the molecule is CCNC(=NCCC1=CCOCC1)NCCc1ccc(S(C)(=O)=O)cc1.I. The quantitative estimate of drug-likeness (QED) is 0.245. The molecule has 0 fully saturated rings. The molecule has 1 aliphatic rings. The third kappa shape index (κ3) is 9.07. The summed E-state index contributed by atoms with van der Waals surface area (Å²) in [5, 5.41) is 6.58. The number of aliphatic imine (C=N–C) groups is 1. The van der Waals surface area contributed by atoms with Gasteiger partial charge < -0.3 is 15.4 Å². The first-order valence-corrected chi connectivity index (χ1v) is 10.9. The number of sulfone groups is 1. The molecule has 0 radical (unpaired) electrons. The van der Waals surface area contributed by atoms with Crippen LogP contribution in [0.2, 0.25) is 0 Å². The van der Waals surface area contributed by atoms with Crippen LogP contribution in [0.15, 0.2) is 45.8 Å². The van der Waals surface area contributed by atoms with Crippen LogP contribution < -0.4 is 10.6 Å². The van der Waals surface area contributed by atoms with Crippen molar-refractivity contribution in [3.63, 3.8) is 0 Å². The van der Waals surface area contributed by atoms with Gasteiger partial charge in [0.15, 0.2) is 15.8 Å². The molecule has 8 heteroatoms. The predicted octanol–water partition coefficient (Wildman–Crippen LogP) is 2.54. The fraction of sp³-hybridized carbons (Fsp3) is 0.526. The lowest BCUT2D eigenvalue weighted by atomic mass is 10.1. The van der Waals surface area contributed by atoms with E-state index in [1.165, 1.54) is 11.8 Å². The van der Waals surface area contributed by atoms with Gasteiger partial charge in [-0.3, -0.25) is 4.99 Å². The molecule has 2 rings (SSSR count). The second-order valence-corrected chi connectivity index (χ2v) is 8.31. The predicted molar refractivity (Wildman–Crippen MR) is 121 cm³/mol. The van der Waals surface area contributed by atoms with E-state index in [2.05, 4.69) is 21.7 Å². The van der Waals surface area contributed by atoms with E-state index in [0.717, 1.165) is 63.6 Å². The Balaban J connectivity index is 0.00000364. The summed E-state index contributed by atoms with van der Waals surface area (Å²) < 4.78 is 28.3. The van der Waals surface area contributed by atoms with Gasteiger partial charge in [0, 0.05) is 25.9 Å². The Kier molecular flexibility index (Phi) is 10.9. The topological polar surface area (TPSA) is 79.8 Å². The monoisotopic (exact) mass is 507 g/mol. The molecule has 0 unspecified atom stereocenters. The summed E-state index contributed by atoms with van der Waals surface area (Å²) in [5.41, 5.74) is 2.51. The van der Waals surface area contributed by atoms with Gasteiger partial charge >= 0.3 is 0 Å². The molecule has 0 amide bonds. The van der Waals surface area contributed by atoms with Crippen LogP contribution in [0.5, 0.6) is 0 Å². The largest absolute Gasteiger partial charge is 0.377 e. The molecule has 0 bridgehead atoms. The van der Waals surface area contributed by atoms with E-state index in [4.69, 9.17) is 4.74 Å². The number of benzene rings is 1. The molecule has 1 aromatic carbocycles. The molecular formula is C19H30IN3O3S. The molecule has 0 atom stereocenters. The molecular weight excluding hydrogens is 477 g/mol. The Hall–Kier alpha value is -1.13. The molecule has 0 saturated heterocycles. The highest BCUT2D eigenvalue weighted by atomic mass is 127. The van der Waals surface area contributed by atoms with Crippen molar-refractivity contribution in [3.8, 4) is 0 Å². The fourth-order valence-electron chi connectivity index (χ4n) is 2.67. The maximum atomic E-state index is 11.5. The van der Waals surface area contributed by atoms with Gasteiger partial charge in [-0.2, -0.15) is 0 Å². The number of halogens is 1. The molecule has 0 aliphatic carbocycles. The number of nitrogens with one attached hydrogen (secondary N) is 2. The maximum Gasteiger partial charge on any atom is 0.191 e. The lowest BCUT2D eigenvalue weighted by Crippen LogP contribution is -2.38. The van der Waals surface area contributed by atoms with Gasteiger partial charge in [-0.15, -0.1) is 24.0 Å². The van der Waals surface area contributed by atoms with Crippen LogP contribution in [0.3, 0.4) is 0 Å². The smallest absolute Gasteiger partial charge is 0.191 e. The lowest BCUT2D eigenvalue weighted by molar-refractivity contribution is 0.153. The highest BCUT2D eigenvalue weighted by Crippen LogP contribution is 2.12. The van der Waals surface area contributed by atoms with Crippen LogP contribution >= 0.6 is 24.0 Å². The number of guanidine groups is 1. The number of hydrogen-bond donors (Lipinski definition) is 2. The van der Waals surface area contributed by atoms with E-state index in [9.17, 15) is 8.42 Å². The molecule has 0 spiro atoms. The summed E-state index contributed by atoms with van der Waals surface area (Å²) in [6.07, 6.45) is 6.14. The van der Waals surface area contributed by atoms with Gasteiger partial charge in [-0.05, 0) is 43.9 Å². The van der Waals surface area contributed by atoms with E-state index >= 15 is 0 Å². The molecule has 1 heterocycles. The Morgan fingerprint density at radius 2 is 1.93 bits per heavy atom. The summed E-state index contributed by atoms with van der Waals surface area (Å²) in [5.74, 6) is 0.813. The van der Waals surface area contributed by atoms with Gasteiger partial charge in [0.2, 0.25) is 0 Å². The lowest BCUT2D eigenvalue weighted by Gasteiger charge is -2.14. The van der Waals surface area contributed by atoms with Crippen LogP contribution in [-0.4, -0.2) is 53.5 Å². The number of hydrogen-bond acceptors (Lipinski definition) is 4. The molecule has 6 nitrogen and oxygen atoms in total. The van der Waals surface area contributed by atoms with Crippen LogP contribution in [0.4, 0.5) is 0 Å². The standard InChI is InChI=1S/C19H29N3O3S.HI/c1-3-20-19(22-13-9-17-10-14-25-15-11-17)21-12-8-16-4-6-18(7-5-16)26(2,23)24;/h4-7,10H,3,8-9,11-15H2,1-2H3,(H2,20,21,22);1H. The fourth-order valence-corrected chi connectivity index (χ4v) is 3.30. The van der Waals surface area contributed by atoms with Crippen molar-refractivity contribution in [3.05, 3.63) is 41.5 Å². The van der Waals surface area contributed by atoms with Crippen molar-refractivity contribution >= 4 is 39.8 Å². The summed E-state index contributed by atoms with van der Waals surface area (Å²) in [6.45, 7) is 5.87. The Morgan fingerprint density at radius 1 is 1.19 bits per heavy atom. The first kappa shape index (κ1) is 23.9. The average Bonchev–Trinajstić information content (AvgIpc) is 2.62. The highest BCUT2D eigenvalue weighted by molar-refractivity contribution is 14.0. The minimum absolute atomic E-state index is 0. The Labute approximate surface area is 179 Å². The summed E-state index contributed by atoms with van der Waals surface area (Å²) >= 11 is 0. The van der Waals surface area contributed by atoms with Crippen molar-refractivity contribution in [2.45, 2.75) is 31.1 Å². The first-order valence-electron chi connectivity index (χ1n) is 9.06. The summed E-state index contributed by atoms with van der Waals surface area (Å²) in [4.78, 5) is 4.97. The Bertz CT molecular complexity index is 731. The van der Waals surface area contributed by atoms with Crippen molar-refractivity contribution in [1.29, 1.82) is 0 Å². The molecule has 1 aromatic rings. The third-order valence-electron chi connectivity index (χ3n) is 4.16. The first-order chi connectivity index (χ1) is 12.5. The number of nitrogens with zero attached hydrogens (tertiary/aromatic N) is 1. The van der Waals surface area contributed by atoms with E-state index in [1.54, 1.807) is 12.1 Å². The molecule has 2 N–H and O–H groups in total. The third-order valence-corrected chi connectivity index (χ3v) is 5.29. The second kappa shape index (κ2) is 12.4. The van der Waals surface area contributed by atoms with E-state index in [0.29, 0.717) is 4.90 Å². The van der Waals surface area contributed by atoms with E-state index in [-0.39, 0.29) is 24.0 Å². The molecule has 27 heavy (non-hydrogen) atoms. The molecule has 0 aromatic heterocycles. The van der Waals surface area contributed by atoms with Crippen molar-refractivity contribution < 1.29 is 13.2 Å². The Morgan fingerprint density at radius 3 is 2.52 bits per heavy atom. The van der Waals surface area contributed by atoms with Crippen LogP contribution in [0.25, 0.3) is 0 Å². The molecule has 0 saturated carbocycles. The number of ether oxygens (including phenoxy) is 1. The second-order valence-electron chi connectivity index (χ2n) is 6.29. The van der Waals surface area contributed by atoms with Crippen molar-refractivity contribution in [2.24, 2.45) is 4.99 Å². The summed E-state index contributed by atoms with van der Waals surface area (Å²) in [6, 6.07) is 7.04. The average molecular weight is 507 g/mol. The van der Waals surface area contributed by atoms with E-state index in [1.807, 2.05) is 19.1 Å². The van der Waals surface area contributed by atoms with E-state index < -0.39 is 9.84 Å².